The lowest BCUT2D eigenvalue weighted by molar-refractivity contribution is -0.145. The van der Waals surface area contributed by atoms with Crippen LogP contribution < -0.4 is 10.6 Å². The Hall–Kier alpha value is -2.32. The van der Waals surface area contributed by atoms with Gasteiger partial charge in [0.1, 0.15) is 13.2 Å². The molecule has 2 amide bonds. The minimum atomic E-state index is -0.621. The van der Waals surface area contributed by atoms with Gasteiger partial charge in [-0.2, -0.15) is 0 Å². The predicted molar refractivity (Wildman–Crippen MR) is 118 cm³/mol. The van der Waals surface area contributed by atoms with E-state index in [1.165, 1.54) is 29.5 Å². The third-order valence-electron chi connectivity index (χ3n) is 3.98. The molecular formula is C20H15Cl3N2O4S. The van der Waals surface area contributed by atoms with Gasteiger partial charge in [0.15, 0.2) is 0 Å². The van der Waals surface area contributed by atoms with Crippen molar-refractivity contribution in [1.82, 2.24) is 10.6 Å². The first-order valence-electron chi connectivity index (χ1n) is 8.66. The van der Waals surface area contributed by atoms with Crippen LogP contribution in [-0.2, 0) is 20.9 Å². The van der Waals surface area contributed by atoms with E-state index in [0.717, 1.165) is 15.0 Å². The molecule has 0 fully saturated rings. The molecule has 156 valence electrons. The third-order valence-corrected chi connectivity index (χ3v) is 6.22. The Morgan fingerprint density at radius 2 is 1.73 bits per heavy atom. The van der Waals surface area contributed by atoms with Crippen molar-refractivity contribution in [3.63, 3.8) is 0 Å². The molecule has 1 aromatic heterocycles. The zero-order valence-electron chi connectivity index (χ0n) is 15.3. The number of nitrogens with one attached hydrogen (secondary N) is 2. The SMILES string of the molecule is O=C(CNC(=O)c1ccc(Cl)cc1Cl)NCC(=O)OCc1sc2ccccc2c1Cl. The van der Waals surface area contributed by atoms with Crippen LogP contribution in [0.25, 0.3) is 10.1 Å². The molecule has 30 heavy (non-hydrogen) atoms. The number of esters is 1. The van der Waals surface area contributed by atoms with Gasteiger partial charge in [0.05, 0.1) is 27.0 Å². The molecule has 3 aromatic rings. The van der Waals surface area contributed by atoms with Crippen molar-refractivity contribution in [2.24, 2.45) is 0 Å². The Morgan fingerprint density at radius 1 is 0.967 bits per heavy atom. The van der Waals surface area contributed by atoms with E-state index in [-0.39, 0.29) is 30.3 Å². The van der Waals surface area contributed by atoms with Gasteiger partial charge in [-0.05, 0) is 24.3 Å². The molecule has 10 heteroatoms. The fourth-order valence-corrected chi connectivity index (χ4v) is 4.41. The molecule has 0 unspecified atom stereocenters. The zero-order chi connectivity index (χ0) is 21.7. The Bertz CT molecular complexity index is 1120. The number of ether oxygens (including phenoxy) is 1. The molecule has 1 heterocycles. The number of hydrogen-bond acceptors (Lipinski definition) is 5. The number of carbonyl (C=O) groups is 3. The number of thiophene rings is 1. The van der Waals surface area contributed by atoms with Gasteiger partial charge < -0.3 is 15.4 Å². The maximum atomic E-state index is 12.1. The van der Waals surface area contributed by atoms with E-state index in [0.29, 0.717) is 10.0 Å². The molecular weight excluding hydrogens is 471 g/mol. The topological polar surface area (TPSA) is 84.5 Å². The van der Waals surface area contributed by atoms with Gasteiger partial charge in [0.2, 0.25) is 5.91 Å². The van der Waals surface area contributed by atoms with Crippen LogP contribution in [0, 0.1) is 0 Å². The van der Waals surface area contributed by atoms with Crippen LogP contribution in [0.2, 0.25) is 15.1 Å². The van der Waals surface area contributed by atoms with Gasteiger partial charge in [-0.1, -0.05) is 53.0 Å². The van der Waals surface area contributed by atoms with Gasteiger partial charge in [0.25, 0.3) is 5.91 Å². The molecule has 3 rings (SSSR count). The van der Waals surface area contributed by atoms with Crippen LogP contribution in [-0.4, -0.2) is 30.9 Å². The summed E-state index contributed by atoms with van der Waals surface area (Å²) in [5, 5.41) is 6.81. The minimum absolute atomic E-state index is 0.0126. The molecule has 0 saturated heterocycles. The first kappa shape index (κ1) is 22.4. The van der Waals surface area contributed by atoms with E-state index < -0.39 is 17.8 Å². The van der Waals surface area contributed by atoms with Crippen LogP contribution in [0.5, 0.6) is 0 Å². The summed E-state index contributed by atoms with van der Waals surface area (Å²) in [7, 11) is 0. The van der Waals surface area contributed by atoms with E-state index in [2.05, 4.69) is 10.6 Å². The molecule has 0 bridgehead atoms. The Balaban J connectivity index is 1.42. The van der Waals surface area contributed by atoms with Crippen molar-refractivity contribution in [3.8, 4) is 0 Å². The van der Waals surface area contributed by atoms with E-state index in [1.54, 1.807) is 0 Å². The van der Waals surface area contributed by atoms with Gasteiger partial charge in [-0.25, -0.2) is 0 Å². The van der Waals surface area contributed by atoms with Crippen molar-refractivity contribution in [1.29, 1.82) is 0 Å². The molecule has 0 saturated carbocycles. The van der Waals surface area contributed by atoms with Crippen LogP contribution in [0.3, 0.4) is 0 Å². The second kappa shape index (κ2) is 10.1. The molecule has 0 aliphatic rings. The fourth-order valence-electron chi connectivity index (χ4n) is 2.52. The van der Waals surface area contributed by atoms with Crippen molar-refractivity contribution < 1.29 is 19.1 Å². The van der Waals surface area contributed by atoms with Crippen LogP contribution in [0.4, 0.5) is 0 Å². The molecule has 0 atom stereocenters. The monoisotopic (exact) mass is 484 g/mol. The second-order valence-corrected chi connectivity index (χ2v) is 8.44. The van der Waals surface area contributed by atoms with Crippen LogP contribution >= 0.6 is 46.1 Å². The van der Waals surface area contributed by atoms with Crippen molar-refractivity contribution >= 4 is 74.0 Å². The highest BCUT2D eigenvalue weighted by Crippen LogP contribution is 2.35. The molecule has 2 aromatic carbocycles. The predicted octanol–water partition coefficient (Wildman–Crippen LogP) is 4.45. The summed E-state index contributed by atoms with van der Waals surface area (Å²) >= 11 is 19.5. The maximum Gasteiger partial charge on any atom is 0.325 e. The maximum absolute atomic E-state index is 12.1. The molecule has 0 aliphatic carbocycles. The highest BCUT2D eigenvalue weighted by molar-refractivity contribution is 7.19. The summed E-state index contributed by atoms with van der Waals surface area (Å²) < 4.78 is 6.16. The largest absolute Gasteiger partial charge is 0.459 e. The Kier molecular flexibility index (Phi) is 7.55. The van der Waals surface area contributed by atoms with Crippen LogP contribution in [0.15, 0.2) is 42.5 Å². The lowest BCUT2D eigenvalue weighted by atomic mass is 10.2. The summed E-state index contributed by atoms with van der Waals surface area (Å²) in [6, 6.07) is 12.0. The van der Waals surface area contributed by atoms with Gasteiger partial charge in [0, 0.05) is 15.1 Å². The van der Waals surface area contributed by atoms with E-state index in [1.807, 2.05) is 24.3 Å². The third kappa shape index (κ3) is 5.64. The van der Waals surface area contributed by atoms with Gasteiger partial charge in [-0.15, -0.1) is 11.3 Å². The number of carbonyl (C=O) groups excluding carboxylic acids is 3. The first-order chi connectivity index (χ1) is 14.3. The number of hydrogen-bond donors (Lipinski definition) is 2. The lowest BCUT2D eigenvalue weighted by Gasteiger charge is -2.08. The molecule has 6 nitrogen and oxygen atoms in total. The van der Waals surface area contributed by atoms with Crippen molar-refractivity contribution in [2.45, 2.75) is 6.61 Å². The first-order valence-corrected chi connectivity index (χ1v) is 10.6. The fraction of sp³-hybridized carbons (Fsp3) is 0.150. The second-order valence-electron chi connectivity index (χ2n) is 6.08. The van der Waals surface area contributed by atoms with Crippen molar-refractivity contribution in [3.05, 3.63) is 68.0 Å². The van der Waals surface area contributed by atoms with Gasteiger partial charge >= 0.3 is 5.97 Å². The number of halogens is 3. The van der Waals surface area contributed by atoms with Crippen LogP contribution in [0.1, 0.15) is 15.2 Å². The number of amides is 2. The number of rotatable bonds is 7. The van der Waals surface area contributed by atoms with E-state index in [9.17, 15) is 14.4 Å². The Morgan fingerprint density at radius 3 is 2.47 bits per heavy atom. The number of fused-ring (bicyclic) bond motifs is 1. The van der Waals surface area contributed by atoms with Gasteiger partial charge in [-0.3, -0.25) is 14.4 Å². The molecule has 0 aliphatic heterocycles. The van der Waals surface area contributed by atoms with E-state index >= 15 is 0 Å². The summed E-state index contributed by atoms with van der Waals surface area (Å²) in [5.41, 5.74) is 0.188. The summed E-state index contributed by atoms with van der Waals surface area (Å²) in [6.45, 7) is -0.648. The summed E-state index contributed by atoms with van der Waals surface area (Å²) in [6.07, 6.45) is 0. The molecule has 0 spiro atoms. The normalized spacial score (nSPS) is 10.6. The summed E-state index contributed by atoms with van der Waals surface area (Å²) in [4.78, 5) is 36.5. The lowest BCUT2D eigenvalue weighted by Crippen LogP contribution is -2.39. The summed E-state index contributed by atoms with van der Waals surface area (Å²) in [5.74, 6) is -1.71. The van der Waals surface area contributed by atoms with Crippen molar-refractivity contribution in [2.75, 3.05) is 13.1 Å². The highest BCUT2D eigenvalue weighted by Gasteiger charge is 2.14. The van der Waals surface area contributed by atoms with E-state index in [4.69, 9.17) is 39.5 Å². The molecule has 2 N–H and O–H groups in total. The smallest absolute Gasteiger partial charge is 0.325 e. The molecule has 0 radical (unpaired) electrons. The average Bonchev–Trinajstić information content (AvgIpc) is 3.05. The number of benzene rings is 2. The average molecular weight is 486 g/mol. The quantitative estimate of drug-likeness (QED) is 0.484. The highest BCUT2D eigenvalue weighted by atomic mass is 35.5. The Labute approximate surface area is 191 Å². The standard InChI is InChI=1S/C20H15Cl3N2O4S/c21-11-5-6-12(14(22)7-11)20(28)25-8-17(26)24-9-18(27)29-10-16-19(23)13-3-1-2-4-15(13)30-16/h1-7H,8-10H2,(H,24,26)(H,25,28). The minimum Gasteiger partial charge on any atom is -0.459 e. The zero-order valence-corrected chi connectivity index (χ0v) is 18.4.